The SMILES string of the molecule is O=C(C1=C(O)C(=O)N(C2CCCC2)C1c1ccco1)c1cccs1. The van der Waals surface area contributed by atoms with Crippen LogP contribution >= 0.6 is 11.3 Å². The number of rotatable bonds is 4. The summed E-state index contributed by atoms with van der Waals surface area (Å²) in [7, 11) is 0. The Kier molecular flexibility index (Phi) is 3.76. The van der Waals surface area contributed by atoms with E-state index in [-0.39, 0.29) is 17.4 Å². The molecule has 1 amide bonds. The maximum Gasteiger partial charge on any atom is 0.290 e. The Labute approximate surface area is 143 Å². The van der Waals surface area contributed by atoms with Gasteiger partial charge in [-0.25, -0.2) is 0 Å². The molecule has 5 nitrogen and oxygen atoms in total. The third-order valence-electron chi connectivity index (χ3n) is 4.76. The lowest BCUT2D eigenvalue weighted by Crippen LogP contribution is -2.38. The smallest absolute Gasteiger partial charge is 0.290 e. The first-order chi connectivity index (χ1) is 11.7. The number of carbonyl (C=O) groups is 2. The highest BCUT2D eigenvalue weighted by Gasteiger charge is 2.48. The second-order valence-electron chi connectivity index (χ2n) is 6.14. The normalized spacial score (nSPS) is 21.9. The highest BCUT2D eigenvalue weighted by molar-refractivity contribution is 7.12. The molecule has 1 N–H and O–H groups in total. The molecule has 4 rings (SSSR count). The molecule has 0 spiro atoms. The molecule has 3 heterocycles. The lowest BCUT2D eigenvalue weighted by atomic mass is 9.99. The van der Waals surface area contributed by atoms with E-state index in [4.69, 9.17) is 4.42 Å². The van der Waals surface area contributed by atoms with Crippen molar-refractivity contribution in [2.45, 2.75) is 37.8 Å². The number of hydrogen-bond donors (Lipinski definition) is 1. The summed E-state index contributed by atoms with van der Waals surface area (Å²) in [5, 5.41) is 12.3. The van der Waals surface area contributed by atoms with Crippen LogP contribution in [0.3, 0.4) is 0 Å². The van der Waals surface area contributed by atoms with Gasteiger partial charge in [-0.1, -0.05) is 18.9 Å². The molecule has 0 saturated heterocycles. The number of aliphatic hydroxyl groups excluding tert-OH is 1. The van der Waals surface area contributed by atoms with Crippen molar-refractivity contribution in [3.05, 3.63) is 57.9 Å². The van der Waals surface area contributed by atoms with Crippen LogP contribution in [-0.4, -0.2) is 27.7 Å². The summed E-state index contributed by atoms with van der Waals surface area (Å²) in [5.41, 5.74) is 0.129. The summed E-state index contributed by atoms with van der Waals surface area (Å²) in [5.74, 6) is -0.707. The molecule has 6 heteroatoms. The van der Waals surface area contributed by atoms with E-state index in [0.29, 0.717) is 10.6 Å². The average Bonchev–Trinajstić information content (AvgIpc) is 3.37. The van der Waals surface area contributed by atoms with E-state index in [1.165, 1.54) is 17.6 Å². The Hall–Kier alpha value is -2.34. The third-order valence-corrected chi connectivity index (χ3v) is 5.63. The van der Waals surface area contributed by atoms with Crippen LogP contribution in [-0.2, 0) is 4.79 Å². The van der Waals surface area contributed by atoms with E-state index in [1.54, 1.807) is 34.5 Å². The van der Waals surface area contributed by atoms with Crippen LogP contribution in [0.4, 0.5) is 0 Å². The predicted molar refractivity (Wildman–Crippen MR) is 88.9 cm³/mol. The molecule has 0 radical (unpaired) electrons. The lowest BCUT2D eigenvalue weighted by molar-refractivity contribution is -0.132. The van der Waals surface area contributed by atoms with Gasteiger partial charge in [0.1, 0.15) is 11.8 Å². The van der Waals surface area contributed by atoms with Crippen molar-refractivity contribution in [1.82, 2.24) is 4.90 Å². The number of Topliss-reactive ketones (excluding diaryl/α,β-unsaturated/α-hetero) is 1. The summed E-state index contributed by atoms with van der Waals surface area (Å²) < 4.78 is 5.51. The zero-order valence-corrected chi connectivity index (χ0v) is 13.8. The largest absolute Gasteiger partial charge is 0.503 e. The Morgan fingerprint density at radius 3 is 2.67 bits per heavy atom. The second kappa shape index (κ2) is 5.94. The van der Waals surface area contributed by atoms with Gasteiger partial charge in [-0.15, -0.1) is 11.3 Å². The number of carbonyl (C=O) groups excluding carboxylic acids is 2. The number of aliphatic hydroxyl groups is 1. The molecule has 2 aromatic heterocycles. The quantitative estimate of drug-likeness (QED) is 0.856. The molecule has 1 unspecified atom stereocenters. The summed E-state index contributed by atoms with van der Waals surface area (Å²) in [4.78, 5) is 27.8. The topological polar surface area (TPSA) is 70.8 Å². The van der Waals surface area contributed by atoms with E-state index in [1.807, 2.05) is 0 Å². The molecule has 1 atom stereocenters. The second-order valence-corrected chi connectivity index (χ2v) is 7.09. The zero-order chi connectivity index (χ0) is 16.7. The van der Waals surface area contributed by atoms with Gasteiger partial charge in [0.15, 0.2) is 5.76 Å². The fourth-order valence-corrected chi connectivity index (χ4v) is 4.36. The first kappa shape index (κ1) is 15.2. The Balaban J connectivity index is 1.80. The van der Waals surface area contributed by atoms with Crippen molar-refractivity contribution < 1.29 is 19.1 Å². The van der Waals surface area contributed by atoms with Crippen molar-refractivity contribution in [1.29, 1.82) is 0 Å². The summed E-state index contributed by atoms with van der Waals surface area (Å²) in [6, 6.07) is 6.35. The molecule has 24 heavy (non-hydrogen) atoms. The molecule has 2 aliphatic rings. The fraction of sp³-hybridized carbons (Fsp3) is 0.333. The van der Waals surface area contributed by atoms with Crippen molar-refractivity contribution in [3.8, 4) is 0 Å². The van der Waals surface area contributed by atoms with Gasteiger partial charge in [0, 0.05) is 6.04 Å². The third kappa shape index (κ3) is 2.29. The molecule has 0 bridgehead atoms. The molecule has 2 aromatic rings. The zero-order valence-electron chi connectivity index (χ0n) is 13.0. The van der Waals surface area contributed by atoms with Gasteiger partial charge in [-0.2, -0.15) is 0 Å². The van der Waals surface area contributed by atoms with Gasteiger partial charge in [-0.05, 0) is 36.4 Å². The van der Waals surface area contributed by atoms with Crippen LogP contribution < -0.4 is 0 Å². The van der Waals surface area contributed by atoms with Crippen molar-refractivity contribution >= 4 is 23.0 Å². The summed E-state index contributed by atoms with van der Waals surface area (Å²) in [6.07, 6.45) is 5.39. The summed E-state index contributed by atoms with van der Waals surface area (Å²) >= 11 is 1.30. The van der Waals surface area contributed by atoms with Gasteiger partial charge in [-0.3, -0.25) is 9.59 Å². The van der Waals surface area contributed by atoms with E-state index in [0.717, 1.165) is 25.7 Å². The molecule has 1 aliphatic carbocycles. The number of hydrogen-bond acceptors (Lipinski definition) is 5. The predicted octanol–water partition coefficient (Wildman–Crippen LogP) is 3.86. The average molecular weight is 343 g/mol. The van der Waals surface area contributed by atoms with Gasteiger partial charge in [0.05, 0.1) is 16.7 Å². The Morgan fingerprint density at radius 1 is 1.25 bits per heavy atom. The molecule has 1 saturated carbocycles. The van der Waals surface area contributed by atoms with E-state index in [2.05, 4.69) is 0 Å². The first-order valence-corrected chi connectivity index (χ1v) is 8.94. The number of ketones is 1. The number of thiophene rings is 1. The van der Waals surface area contributed by atoms with Gasteiger partial charge in [0.2, 0.25) is 5.78 Å². The number of amides is 1. The van der Waals surface area contributed by atoms with E-state index < -0.39 is 17.7 Å². The van der Waals surface area contributed by atoms with Crippen molar-refractivity contribution in [2.24, 2.45) is 0 Å². The van der Waals surface area contributed by atoms with Crippen LogP contribution in [0.15, 0.2) is 51.7 Å². The number of nitrogens with zero attached hydrogens (tertiary/aromatic N) is 1. The van der Waals surface area contributed by atoms with E-state index in [9.17, 15) is 14.7 Å². The maximum absolute atomic E-state index is 12.9. The van der Waals surface area contributed by atoms with Crippen LogP contribution in [0.25, 0.3) is 0 Å². The van der Waals surface area contributed by atoms with Gasteiger partial charge < -0.3 is 14.4 Å². The molecule has 1 aliphatic heterocycles. The van der Waals surface area contributed by atoms with Crippen molar-refractivity contribution in [2.75, 3.05) is 0 Å². The van der Waals surface area contributed by atoms with Gasteiger partial charge >= 0.3 is 0 Å². The van der Waals surface area contributed by atoms with Crippen LogP contribution in [0.2, 0.25) is 0 Å². The minimum Gasteiger partial charge on any atom is -0.503 e. The molecular formula is C18H17NO4S. The standard InChI is InChI=1S/C18H17NO4S/c20-16(13-8-4-10-24-13)14-15(12-7-3-9-23-12)19(18(22)17(14)21)11-5-1-2-6-11/h3-4,7-11,15,21H,1-2,5-6H2. The highest BCUT2D eigenvalue weighted by Crippen LogP contribution is 2.43. The Bertz CT molecular complexity index is 785. The fourth-order valence-electron chi connectivity index (χ4n) is 3.68. The molecular weight excluding hydrogens is 326 g/mol. The van der Waals surface area contributed by atoms with Gasteiger partial charge in [0.25, 0.3) is 5.91 Å². The monoisotopic (exact) mass is 343 g/mol. The van der Waals surface area contributed by atoms with Crippen LogP contribution in [0.1, 0.15) is 47.2 Å². The molecule has 124 valence electrons. The molecule has 0 aromatic carbocycles. The maximum atomic E-state index is 12.9. The van der Waals surface area contributed by atoms with Crippen molar-refractivity contribution in [3.63, 3.8) is 0 Å². The Morgan fingerprint density at radius 2 is 2.04 bits per heavy atom. The van der Waals surface area contributed by atoms with Crippen LogP contribution in [0, 0.1) is 0 Å². The first-order valence-electron chi connectivity index (χ1n) is 8.06. The van der Waals surface area contributed by atoms with Crippen LogP contribution in [0.5, 0.6) is 0 Å². The minimum absolute atomic E-state index is 0.0309. The lowest BCUT2D eigenvalue weighted by Gasteiger charge is -2.30. The van der Waals surface area contributed by atoms with E-state index >= 15 is 0 Å². The highest BCUT2D eigenvalue weighted by atomic mass is 32.1. The molecule has 1 fully saturated rings. The minimum atomic E-state index is -0.648. The number of furan rings is 1. The summed E-state index contributed by atoms with van der Waals surface area (Å²) in [6.45, 7) is 0.